The summed E-state index contributed by atoms with van der Waals surface area (Å²) < 4.78 is 5.35. The lowest BCUT2D eigenvalue weighted by Gasteiger charge is -2.32. The Hall–Kier alpha value is -0.160. The van der Waals surface area contributed by atoms with Crippen molar-refractivity contribution >= 4 is 0 Å². The van der Waals surface area contributed by atoms with E-state index in [4.69, 9.17) is 4.74 Å². The molecule has 2 rings (SSSR count). The Morgan fingerprint density at radius 2 is 1.90 bits per heavy atom. The molecule has 4 heteroatoms. The second-order valence-electron chi connectivity index (χ2n) is 6.49. The third-order valence-corrected chi connectivity index (χ3v) is 4.86. The van der Waals surface area contributed by atoms with E-state index < -0.39 is 0 Å². The average Bonchev–Trinajstić information content (AvgIpc) is 3.00. The van der Waals surface area contributed by atoms with Crippen molar-refractivity contribution in [3.63, 3.8) is 0 Å². The van der Waals surface area contributed by atoms with Gasteiger partial charge in [-0.2, -0.15) is 0 Å². The van der Waals surface area contributed by atoms with Crippen LogP contribution in [0.15, 0.2) is 0 Å². The van der Waals surface area contributed by atoms with Gasteiger partial charge >= 0.3 is 0 Å². The molecule has 0 radical (unpaired) electrons. The monoisotopic (exact) mass is 297 g/mol. The molecule has 4 nitrogen and oxygen atoms in total. The highest BCUT2D eigenvalue weighted by Gasteiger charge is 2.27. The molecule has 0 aromatic carbocycles. The van der Waals surface area contributed by atoms with Crippen molar-refractivity contribution in [3.05, 3.63) is 0 Å². The van der Waals surface area contributed by atoms with Crippen LogP contribution in [0.5, 0.6) is 0 Å². The molecule has 2 heterocycles. The topological polar surface area (TPSA) is 27.7 Å². The third-order valence-electron chi connectivity index (χ3n) is 4.86. The van der Waals surface area contributed by atoms with Gasteiger partial charge < -0.3 is 15.0 Å². The molecule has 124 valence electrons. The number of rotatable bonds is 10. The summed E-state index contributed by atoms with van der Waals surface area (Å²) in [6.07, 6.45) is 8.08. The van der Waals surface area contributed by atoms with Gasteiger partial charge in [0.25, 0.3) is 0 Å². The average molecular weight is 297 g/mol. The first-order valence-electron chi connectivity index (χ1n) is 9.15. The van der Waals surface area contributed by atoms with Crippen LogP contribution >= 0.6 is 0 Å². The van der Waals surface area contributed by atoms with Crippen LogP contribution in [-0.4, -0.2) is 74.9 Å². The molecule has 0 aromatic heterocycles. The van der Waals surface area contributed by atoms with Gasteiger partial charge in [-0.05, 0) is 65.2 Å². The molecule has 2 fully saturated rings. The predicted octanol–water partition coefficient (Wildman–Crippen LogP) is 1.95. The standard InChI is InChI=1S/C17H35N3O/c1-2-21-15-7-4-9-18-10-14-19-13-8-17(16-19)20-11-5-3-6-12-20/h17-18H,2-16H2,1H3. The first kappa shape index (κ1) is 17.2. The van der Waals surface area contributed by atoms with Crippen LogP contribution in [0, 0.1) is 0 Å². The number of ether oxygens (including phenoxy) is 1. The van der Waals surface area contributed by atoms with E-state index in [2.05, 4.69) is 22.0 Å². The molecule has 0 aliphatic carbocycles. The Labute approximate surface area is 131 Å². The molecule has 2 aliphatic heterocycles. The molecular weight excluding hydrogens is 262 g/mol. The molecule has 1 N–H and O–H groups in total. The molecule has 2 aliphatic rings. The Morgan fingerprint density at radius 3 is 2.71 bits per heavy atom. The molecule has 0 amide bonds. The molecule has 0 aromatic rings. The van der Waals surface area contributed by atoms with E-state index in [9.17, 15) is 0 Å². The van der Waals surface area contributed by atoms with Gasteiger partial charge in [-0.25, -0.2) is 0 Å². The maximum absolute atomic E-state index is 5.35. The minimum atomic E-state index is 0.844. The van der Waals surface area contributed by atoms with Gasteiger partial charge in [0.05, 0.1) is 0 Å². The van der Waals surface area contributed by atoms with Crippen LogP contribution in [0.3, 0.4) is 0 Å². The Morgan fingerprint density at radius 1 is 1.05 bits per heavy atom. The fourth-order valence-electron chi connectivity index (χ4n) is 3.56. The number of nitrogens with zero attached hydrogens (tertiary/aromatic N) is 2. The maximum Gasteiger partial charge on any atom is 0.0466 e. The van der Waals surface area contributed by atoms with Crippen LogP contribution in [0.25, 0.3) is 0 Å². The quantitative estimate of drug-likeness (QED) is 0.624. The summed E-state index contributed by atoms with van der Waals surface area (Å²) in [6, 6.07) is 0.844. The molecule has 0 bridgehead atoms. The fourth-order valence-corrected chi connectivity index (χ4v) is 3.56. The largest absolute Gasteiger partial charge is 0.382 e. The number of unbranched alkanes of at least 4 members (excludes halogenated alkanes) is 1. The first-order chi connectivity index (χ1) is 10.4. The summed E-state index contributed by atoms with van der Waals surface area (Å²) in [6.45, 7) is 12.6. The highest BCUT2D eigenvalue weighted by Crippen LogP contribution is 2.19. The molecular formula is C17H35N3O. The van der Waals surface area contributed by atoms with E-state index >= 15 is 0 Å². The zero-order valence-corrected chi connectivity index (χ0v) is 14.0. The number of piperidine rings is 1. The summed E-state index contributed by atoms with van der Waals surface area (Å²) in [4.78, 5) is 5.39. The number of likely N-dealkylation sites (tertiary alicyclic amines) is 2. The molecule has 0 spiro atoms. The van der Waals surface area contributed by atoms with Crippen molar-refractivity contribution in [2.75, 3.05) is 59.0 Å². The molecule has 21 heavy (non-hydrogen) atoms. The van der Waals surface area contributed by atoms with Crippen LogP contribution in [0.4, 0.5) is 0 Å². The van der Waals surface area contributed by atoms with Crippen LogP contribution < -0.4 is 5.32 Å². The van der Waals surface area contributed by atoms with E-state index in [1.165, 1.54) is 71.2 Å². The van der Waals surface area contributed by atoms with E-state index in [0.717, 1.165) is 32.3 Å². The van der Waals surface area contributed by atoms with E-state index in [1.54, 1.807) is 0 Å². The van der Waals surface area contributed by atoms with Crippen molar-refractivity contribution in [1.82, 2.24) is 15.1 Å². The SMILES string of the molecule is CCOCCCCNCCN1CCC(N2CCCCC2)C1. The summed E-state index contributed by atoms with van der Waals surface area (Å²) in [5.41, 5.74) is 0. The summed E-state index contributed by atoms with van der Waals surface area (Å²) in [7, 11) is 0. The second kappa shape index (κ2) is 10.5. The molecule has 1 atom stereocenters. The highest BCUT2D eigenvalue weighted by molar-refractivity contribution is 4.84. The minimum Gasteiger partial charge on any atom is -0.382 e. The van der Waals surface area contributed by atoms with E-state index in [1.807, 2.05) is 0 Å². The van der Waals surface area contributed by atoms with Gasteiger partial charge in [0.1, 0.15) is 0 Å². The highest BCUT2D eigenvalue weighted by atomic mass is 16.5. The van der Waals surface area contributed by atoms with Gasteiger partial charge in [-0.1, -0.05) is 6.42 Å². The number of nitrogens with one attached hydrogen (secondary N) is 1. The lowest BCUT2D eigenvalue weighted by molar-refractivity contribution is 0.143. The Balaban J connectivity index is 1.45. The van der Waals surface area contributed by atoms with Gasteiger partial charge in [0.15, 0.2) is 0 Å². The first-order valence-corrected chi connectivity index (χ1v) is 9.15. The maximum atomic E-state index is 5.35. The Bertz CT molecular complexity index is 256. The van der Waals surface area contributed by atoms with Crippen molar-refractivity contribution < 1.29 is 4.74 Å². The molecule has 1 unspecified atom stereocenters. The van der Waals surface area contributed by atoms with E-state index in [-0.39, 0.29) is 0 Å². The zero-order valence-electron chi connectivity index (χ0n) is 14.0. The van der Waals surface area contributed by atoms with Crippen LogP contribution in [0.2, 0.25) is 0 Å². The van der Waals surface area contributed by atoms with Gasteiger partial charge in [0.2, 0.25) is 0 Å². The minimum absolute atomic E-state index is 0.844. The second-order valence-corrected chi connectivity index (χ2v) is 6.49. The normalized spacial score (nSPS) is 24.7. The van der Waals surface area contributed by atoms with Gasteiger partial charge in [-0.3, -0.25) is 4.90 Å². The summed E-state index contributed by atoms with van der Waals surface area (Å²) in [5.74, 6) is 0. The van der Waals surface area contributed by atoms with Crippen molar-refractivity contribution in [2.45, 2.75) is 51.5 Å². The lowest BCUT2D eigenvalue weighted by atomic mass is 10.1. The number of hydrogen-bond acceptors (Lipinski definition) is 4. The summed E-state index contributed by atoms with van der Waals surface area (Å²) in [5, 5.41) is 3.57. The van der Waals surface area contributed by atoms with Crippen molar-refractivity contribution in [3.8, 4) is 0 Å². The third kappa shape index (κ3) is 6.64. The number of hydrogen-bond donors (Lipinski definition) is 1. The van der Waals surface area contributed by atoms with E-state index in [0.29, 0.717) is 0 Å². The van der Waals surface area contributed by atoms with Gasteiger partial charge in [0, 0.05) is 38.9 Å². The van der Waals surface area contributed by atoms with Crippen molar-refractivity contribution in [1.29, 1.82) is 0 Å². The zero-order chi connectivity index (χ0) is 14.8. The van der Waals surface area contributed by atoms with Gasteiger partial charge in [-0.15, -0.1) is 0 Å². The fraction of sp³-hybridized carbons (Fsp3) is 1.00. The molecule has 2 saturated heterocycles. The lowest BCUT2D eigenvalue weighted by Crippen LogP contribution is -2.41. The van der Waals surface area contributed by atoms with Crippen molar-refractivity contribution in [2.24, 2.45) is 0 Å². The van der Waals surface area contributed by atoms with Crippen LogP contribution in [-0.2, 0) is 4.74 Å². The smallest absolute Gasteiger partial charge is 0.0466 e. The summed E-state index contributed by atoms with van der Waals surface area (Å²) >= 11 is 0. The predicted molar refractivity (Wildman–Crippen MR) is 88.9 cm³/mol. The van der Waals surface area contributed by atoms with Crippen LogP contribution in [0.1, 0.15) is 45.4 Å². The molecule has 0 saturated carbocycles. The Kier molecular flexibility index (Phi) is 8.64.